The fourth-order valence-corrected chi connectivity index (χ4v) is 2.99. The zero-order valence-electron chi connectivity index (χ0n) is 9.68. The molecule has 0 unspecified atom stereocenters. The fourth-order valence-electron chi connectivity index (χ4n) is 2.78. The van der Waals surface area contributed by atoms with E-state index < -0.39 is 5.82 Å². The predicted molar refractivity (Wildman–Crippen MR) is 66.9 cm³/mol. The number of aromatic hydroxyl groups is 1. The van der Waals surface area contributed by atoms with Crippen molar-refractivity contribution in [3.63, 3.8) is 0 Å². The van der Waals surface area contributed by atoms with Crippen molar-refractivity contribution >= 4 is 11.6 Å². The first-order valence-electron chi connectivity index (χ1n) is 5.98. The quantitative estimate of drug-likeness (QED) is 0.854. The van der Waals surface area contributed by atoms with Gasteiger partial charge in [-0.25, -0.2) is 4.39 Å². The summed E-state index contributed by atoms with van der Waals surface area (Å²) >= 11 is 5.87. The molecule has 1 fully saturated rings. The highest BCUT2D eigenvalue weighted by atomic mass is 35.5. The Morgan fingerprint density at radius 3 is 2.53 bits per heavy atom. The van der Waals surface area contributed by atoms with E-state index in [0.717, 1.165) is 31.7 Å². The molecule has 2 rings (SSSR count). The molecule has 0 saturated heterocycles. The normalized spacial score (nSPS) is 19.2. The van der Waals surface area contributed by atoms with Gasteiger partial charge in [0.15, 0.2) is 11.6 Å². The predicted octanol–water partition coefficient (Wildman–Crippen LogP) is 3.35. The van der Waals surface area contributed by atoms with Gasteiger partial charge in [-0.2, -0.15) is 0 Å². The summed E-state index contributed by atoms with van der Waals surface area (Å²) in [6.45, 7) is 0.417. The number of hydrogen-bond donors (Lipinski definition) is 2. The molecule has 2 nitrogen and oxygen atoms in total. The second kappa shape index (κ2) is 4.83. The Bertz CT molecular complexity index is 416. The van der Waals surface area contributed by atoms with E-state index >= 15 is 0 Å². The van der Waals surface area contributed by atoms with Crippen LogP contribution in [-0.4, -0.2) is 11.7 Å². The van der Waals surface area contributed by atoms with E-state index in [1.165, 1.54) is 6.42 Å². The maximum atomic E-state index is 13.5. The molecule has 94 valence electrons. The Kier molecular flexibility index (Phi) is 3.59. The first kappa shape index (κ1) is 12.7. The molecule has 17 heavy (non-hydrogen) atoms. The average Bonchev–Trinajstić information content (AvgIpc) is 2.34. The molecule has 0 aromatic heterocycles. The lowest BCUT2D eigenvalue weighted by Crippen LogP contribution is -2.37. The SMILES string of the molecule is NCC1(c2cc(Cl)cc(F)c2O)CCCCC1. The monoisotopic (exact) mass is 257 g/mol. The Morgan fingerprint density at radius 1 is 1.29 bits per heavy atom. The van der Waals surface area contributed by atoms with Gasteiger partial charge in [0.2, 0.25) is 0 Å². The first-order valence-corrected chi connectivity index (χ1v) is 6.35. The van der Waals surface area contributed by atoms with Crippen LogP contribution in [0.25, 0.3) is 0 Å². The fraction of sp³-hybridized carbons (Fsp3) is 0.538. The standard InChI is InChI=1S/C13H17ClFNO/c14-9-6-10(12(17)11(15)7-9)13(8-16)4-2-1-3-5-13/h6-7,17H,1-5,8,16H2. The molecule has 1 saturated carbocycles. The number of nitrogens with two attached hydrogens (primary N) is 1. The molecule has 1 aromatic carbocycles. The van der Waals surface area contributed by atoms with Crippen LogP contribution in [0.1, 0.15) is 37.7 Å². The van der Waals surface area contributed by atoms with Crippen molar-refractivity contribution in [2.75, 3.05) is 6.54 Å². The van der Waals surface area contributed by atoms with Gasteiger partial charge in [-0.1, -0.05) is 30.9 Å². The lowest BCUT2D eigenvalue weighted by Gasteiger charge is -2.37. The summed E-state index contributed by atoms with van der Waals surface area (Å²) in [5, 5.41) is 10.2. The highest BCUT2D eigenvalue weighted by Gasteiger charge is 2.35. The van der Waals surface area contributed by atoms with E-state index in [9.17, 15) is 9.50 Å². The molecule has 0 aliphatic heterocycles. The summed E-state index contributed by atoms with van der Waals surface area (Å²) in [7, 11) is 0. The average molecular weight is 258 g/mol. The molecule has 0 amide bonds. The van der Waals surface area contributed by atoms with Crippen LogP contribution in [0.15, 0.2) is 12.1 Å². The first-order chi connectivity index (χ1) is 8.09. The van der Waals surface area contributed by atoms with Crippen molar-refractivity contribution in [1.29, 1.82) is 0 Å². The molecule has 1 aliphatic carbocycles. The topological polar surface area (TPSA) is 46.2 Å². The Labute approximate surface area is 106 Å². The van der Waals surface area contributed by atoms with Gasteiger partial charge in [0.25, 0.3) is 0 Å². The van der Waals surface area contributed by atoms with E-state index in [0.29, 0.717) is 17.1 Å². The number of phenols is 1. The lowest BCUT2D eigenvalue weighted by atomic mass is 9.69. The van der Waals surface area contributed by atoms with Crippen molar-refractivity contribution in [3.05, 3.63) is 28.5 Å². The Morgan fingerprint density at radius 2 is 1.94 bits per heavy atom. The second-order valence-electron chi connectivity index (χ2n) is 4.83. The minimum Gasteiger partial charge on any atom is -0.505 e. The third kappa shape index (κ3) is 2.26. The van der Waals surface area contributed by atoms with Gasteiger partial charge >= 0.3 is 0 Å². The number of benzene rings is 1. The van der Waals surface area contributed by atoms with E-state index in [1.807, 2.05) is 0 Å². The third-order valence-corrected chi connectivity index (χ3v) is 4.02. The van der Waals surface area contributed by atoms with Gasteiger partial charge in [-0.15, -0.1) is 0 Å². The van der Waals surface area contributed by atoms with Crippen LogP contribution < -0.4 is 5.73 Å². The van der Waals surface area contributed by atoms with Crippen molar-refractivity contribution < 1.29 is 9.50 Å². The third-order valence-electron chi connectivity index (χ3n) is 3.80. The van der Waals surface area contributed by atoms with Crippen molar-refractivity contribution in [2.24, 2.45) is 5.73 Å². The van der Waals surface area contributed by atoms with Gasteiger partial charge in [0.05, 0.1) is 0 Å². The van der Waals surface area contributed by atoms with Crippen molar-refractivity contribution in [2.45, 2.75) is 37.5 Å². The summed E-state index contributed by atoms with van der Waals surface area (Å²) < 4.78 is 13.5. The molecule has 3 N–H and O–H groups in total. The van der Waals surface area contributed by atoms with Crippen LogP contribution in [0.3, 0.4) is 0 Å². The molecule has 0 heterocycles. The smallest absolute Gasteiger partial charge is 0.166 e. The Hall–Kier alpha value is -0.800. The molecule has 0 atom stereocenters. The number of rotatable bonds is 2. The van der Waals surface area contributed by atoms with Crippen LogP contribution in [-0.2, 0) is 5.41 Å². The lowest BCUT2D eigenvalue weighted by molar-refractivity contribution is 0.287. The molecule has 1 aromatic rings. The van der Waals surface area contributed by atoms with Crippen molar-refractivity contribution in [1.82, 2.24) is 0 Å². The van der Waals surface area contributed by atoms with E-state index in [1.54, 1.807) is 6.07 Å². The minimum atomic E-state index is -0.661. The maximum absolute atomic E-state index is 13.5. The van der Waals surface area contributed by atoms with Crippen LogP contribution in [0.5, 0.6) is 5.75 Å². The Balaban J connectivity index is 2.49. The van der Waals surface area contributed by atoms with E-state index in [-0.39, 0.29) is 11.2 Å². The molecular weight excluding hydrogens is 241 g/mol. The summed E-state index contributed by atoms with van der Waals surface area (Å²) in [5.74, 6) is -0.951. The summed E-state index contributed by atoms with van der Waals surface area (Å²) in [4.78, 5) is 0. The summed E-state index contributed by atoms with van der Waals surface area (Å²) in [6, 6.07) is 2.78. The largest absolute Gasteiger partial charge is 0.505 e. The van der Waals surface area contributed by atoms with Crippen LogP contribution in [0, 0.1) is 5.82 Å². The molecule has 0 spiro atoms. The number of hydrogen-bond acceptors (Lipinski definition) is 2. The van der Waals surface area contributed by atoms with Gasteiger partial charge in [0.1, 0.15) is 0 Å². The number of phenolic OH excluding ortho intramolecular Hbond substituents is 1. The highest BCUT2D eigenvalue weighted by molar-refractivity contribution is 6.30. The second-order valence-corrected chi connectivity index (χ2v) is 5.27. The number of halogens is 2. The van der Waals surface area contributed by atoms with Gasteiger partial charge < -0.3 is 10.8 Å². The van der Waals surface area contributed by atoms with Crippen LogP contribution >= 0.6 is 11.6 Å². The van der Waals surface area contributed by atoms with Crippen LogP contribution in [0.2, 0.25) is 5.02 Å². The minimum absolute atomic E-state index is 0.290. The van der Waals surface area contributed by atoms with E-state index in [4.69, 9.17) is 17.3 Å². The van der Waals surface area contributed by atoms with Crippen LogP contribution in [0.4, 0.5) is 4.39 Å². The summed E-state index contributed by atoms with van der Waals surface area (Å²) in [5.41, 5.74) is 6.13. The molecule has 0 radical (unpaired) electrons. The summed E-state index contributed by atoms with van der Waals surface area (Å²) in [6.07, 6.45) is 5.06. The highest BCUT2D eigenvalue weighted by Crippen LogP contribution is 2.44. The molecule has 4 heteroatoms. The maximum Gasteiger partial charge on any atom is 0.166 e. The van der Waals surface area contributed by atoms with Crippen molar-refractivity contribution in [3.8, 4) is 5.75 Å². The van der Waals surface area contributed by atoms with Gasteiger partial charge in [-0.05, 0) is 25.0 Å². The molecular formula is C13H17ClFNO. The molecule has 1 aliphatic rings. The molecule has 0 bridgehead atoms. The van der Waals surface area contributed by atoms with Gasteiger partial charge in [-0.3, -0.25) is 0 Å². The zero-order valence-corrected chi connectivity index (χ0v) is 10.4. The zero-order chi connectivity index (χ0) is 12.5. The van der Waals surface area contributed by atoms with E-state index in [2.05, 4.69) is 0 Å². The van der Waals surface area contributed by atoms with Gasteiger partial charge in [0, 0.05) is 22.5 Å².